The van der Waals surface area contributed by atoms with Crippen molar-refractivity contribution in [1.82, 2.24) is 0 Å². The molecule has 4 saturated carbocycles. The standard InChI is InChI=1S/C41H66O13/c1-36(2)13-15-41(35(49)50)16-14-39(5)21(22(41)17-36)7-8-26-37(3)11-10-27(38(4,20-43)25(37)9-12-40(26,39)6)53-34-32(28(45)23(44)19-51-34)54-33-31(48)30(47)29(46)24(18-42)52-33/h7,22-34,42-48H,8-20H2,1-6H3,(H,49,50)/t22-,23-,24+,25-,26+,27+,28-,29+,30-,31+,32+,33-,34-,37-,38-,39+,40+,41-/m0/s1. The Morgan fingerprint density at radius 2 is 1.52 bits per heavy atom. The SMILES string of the molecule is CC1(C)CC[C@]2(C(=O)O)CC[C@]3(C)C(=CC[C@@H]4[C@@]5(C)CC[C@@H](O[C@@H]6OC[C@H](O)[C@H](O)[C@H]6O[C@@H]6O[C@H](CO)[C@@H](O)[C@H](O)[C@H]6O)[C@@](C)(CO)[C@H]5CC[C@]43C)[C@@H]2C1. The van der Waals surface area contributed by atoms with Crippen LogP contribution >= 0.6 is 0 Å². The maximum atomic E-state index is 13.0. The highest BCUT2D eigenvalue weighted by Crippen LogP contribution is 2.76. The van der Waals surface area contributed by atoms with Gasteiger partial charge in [0, 0.05) is 5.41 Å². The maximum Gasteiger partial charge on any atom is 0.310 e. The fourth-order valence-electron chi connectivity index (χ4n) is 13.4. The van der Waals surface area contributed by atoms with Crippen molar-refractivity contribution in [2.75, 3.05) is 19.8 Å². The molecule has 0 spiro atoms. The van der Waals surface area contributed by atoms with Gasteiger partial charge in [-0.2, -0.15) is 0 Å². The number of hydrogen-bond acceptors (Lipinski definition) is 12. The van der Waals surface area contributed by atoms with E-state index in [9.17, 15) is 45.6 Å². The molecule has 308 valence electrons. The second-order valence-electron chi connectivity index (χ2n) is 20.1. The third-order valence-electron chi connectivity index (χ3n) is 17.0. The van der Waals surface area contributed by atoms with E-state index in [2.05, 4.69) is 47.6 Å². The van der Waals surface area contributed by atoms with Gasteiger partial charge in [0.2, 0.25) is 0 Å². The van der Waals surface area contributed by atoms with Gasteiger partial charge in [-0.05, 0) is 104 Å². The molecular weight excluding hydrogens is 700 g/mol. The Morgan fingerprint density at radius 1 is 0.815 bits per heavy atom. The van der Waals surface area contributed by atoms with Gasteiger partial charge in [0.05, 0.1) is 31.3 Å². The second-order valence-corrected chi connectivity index (χ2v) is 20.1. The minimum atomic E-state index is -1.73. The third-order valence-corrected chi connectivity index (χ3v) is 17.0. The van der Waals surface area contributed by atoms with Crippen LogP contribution in [0.25, 0.3) is 0 Å². The normalized spacial score (nSPS) is 54.3. The largest absolute Gasteiger partial charge is 0.481 e. The van der Waals surface area contributed by atoms with Crippen molar-refractivity contribution in [3.63, 3.8) is 0 Å². The Hall–Kier alpha value is -1.23. The first-order chi connectivity index (χ1) is 25.2. The number of ether oxygens (including phenoxy) is 4. The molecule has 0 amide bonds. The number of carboxylic acid groups (broad SMARTS) is 1. The summed E-state index contributed by atoms with van der Waals surface area (Å²) in [6.45, 7) is 12.8. The molecule has 0 radical (unpaired) electrons. The van der Waals surface area contributed by atoms with E-state index in [1.54, 1.807) is 0 Å². The summed E-state index contributed by atoms with van der Waals surface area (Å²) in [6.07, 6.45) is -3.32. The highest BCUT2D eigenvalue weighted by atomic mass is 16.8. The van der Waals surface area contributed by atoms with Crippen LogP contribution in [0, 0.1) is 50.2 Å². The molecule has 7 aliphatic rings. The summed E-state index contributed by atoms with van der Waals surface area (Å²) < 4.78 is 24.1. The number of carboxylic acids is 1. The summed E-state index contributed by atoms with van der Waals surface area (Å²) in [7, 11) is 0. The Kier molecular flexibility index (Phi) is 10.6. The second kappa shape index (κ2) is 14.0. The number of hydrogen-bond donors (Lipinski definition) is 8. The van der Waals surface area contributed by atoms with Gasteiger partial charge < -0.3 is 59.8 Å². The average Bonchev–Trinajstić information content (AvgIpc) is 3.12. The molecule has 2 heterocycles. The van der Waals surface area contributed by atoms with E-state index in [1.165, 1.54) is 5.57 Å². The van der Waals surface area contributed by atoms with E-state index in [0.717, 1.165) is 51.4 Å². The summed E-state index contributed by atoms with van der Waals surface area (Å²) >= 11 is 0. The average molecular weight is 767 g/mol. The molecule has 8 N–H and O–H groups in total. The zero-order valence-corrected chi connectivity index (χ0v) is 32.9. The molecule has 0 aromatic heterocycles. The summed E-state index contributed by atoms with van der Waals surface area (Å²) in [5, 5.41) is 84.7. The Bertz CT molecular complexity index is 1450. The van der Waals surface area contributed by atoms with Gasteiger partial charge in [0.25, 0.3) is 0 Å². The Labute approximate surface area is 319 Å². The van der Waals surface area contributed by atoms with E-state index in [4.69, 9.17) is 18.9 Å². The lowest BCUT2D eigenvalue weighted by atomic mass is 9.33. The van der Waals surface area contributed by atoms with Gasteiger partial charge in [0.15, 0.2) is 12.6 Å². The third kappa shape index (κ3) is 5.92. The lowest BCUT2D eigenvalue weighted by molar-refractivity contribution is -0.368. The molecule has 18 atom stereocenters. The number of fused-ring (bicyclic) bond motifs is 7. The molecule has 7 rings (SSSR count). The van der Waals surface area contributed by atoms with E-state index >= 15 is 0 Å². The van der Waals surface area contributed by atoms with Crippen LogP contribution in [0.4, 0.5) is 0 Å². The van der Waals surface area contributed by atoms with E-state index in [0.29, 0.717) is 18.8 Å². The number of aliphatic hydroxyl groups is 7. The molecule has 0 aromatic carbocycles. The van der Waals surface area contributed by atoms with Gasteiger partial charge in [-0.1, -0.05) is 53.2 Å². The maximum absolute atomic E-state index is 13.0. The topological polar surface area (TPSA) is 216 Å². The number of aliphatic hydroxyl groups excluding tert-OH is 7. The zero-order chi connectivity index (χ0) is 39.4. The van der Waals surface area contributed by atoms with E-state index in [1.807, 2.05) is 0 Å². The molecule has 13 nitrogen and oxygen atoms in total. The van der Waals surface area contributed by atoms with Gasteiger partial charge in [0.1, 0.15) is 42.7 Å². The molecule has 0 bridgehead atoms. The summed E-state index contributed by atoms with van der Waals surface area (Å²) in [5.74, 6) is -0.265. The lowest BCUT2D eigenvalue weighted by Crippen LogP contribution is -2.67. The minimum absolute atomic E-state index is 0.0233. The smallest absolute Gasteiger partial charge is 0.310 e. The Balaban J connectivity index is 1.15. The molecule has 2 aliphatic heterocycles. The van der Waals surface area contributed by atoms with Crippen molar-refractivity contribution in [3.8, 4) is 0 Å². The first kappa shape index (κ1) is 40.9. The summed E-state index contributed by atoms with van der Waals surface area (Å²) in [6, 6.07) is 0. The molecule has 13 heteroatoms. The van der Waals surface area contributed by atoms with Crippen LogP contribution in [0.5, 0.6) is 0 Å². The van der Waals surface area contributed by atoms with Crippen LogP contribution in [-0.2, 0) is 23.7 Å². The summed E-state index contributed by atoms with van der Waals surface area (Å²) in [5.41, 5.74) is -0.367. The first-order valence-electron chi connectivity index (χ1n) is 20.4. The summed E-state index contributed by atoms with van der Waals surface area (Å²) in [4.78, 5) is 13.0. The van der Waals surface area contributed by atoms with E-state index < -0.39 is 84.8 Å². The van der Waals surface area contributed by atoms with Crippen molar-refractivity contribution in [2.45, 2.75) is 167 Å². The van der Waals surface area contributed by atoms with Gasteiger partial charge in [-0.3, -0.25) is 4.79 Å². The lowest BCUT2D eigenvalue weighted by Gasteiger charge is -2.71. The van der Waals surface area contributed by atoms with E-state index in [-0.39, 0.29) is 46.7 Å². The molecule has 6 fully saturated rings. The van der Waals surface area contributed by atoms with Crippen molar-refractivity contribution in [2.24, 2.45) is 50.2 Å². The molecule has 5 aliphatic carbocycles. The predicted molar refractivity (Wildman–Crippen MR) is 193 cm³/mol. The Morgan fingerprint density at radius 3 is 2.19 bits per heavy atom. The first-order valence-corrected chi connectivity index (χ1v) is 20.4. The van der Waals surface area contributed by atoms with Crippen LogP contribution in [-0.4, -0.2) is 128 Å². The molecule has 0 unspecified atom stereocenters. The van der Waals surface area contributed by atoms with Crippen LogP contribution < -0.4 is 0 Å². The highest BCUT2D eigenvalue weighted by molar-refractivity contribution is 5.76. The highest BCUT2D eigenvalue weighted by Gasteiger charge is 2.70. The van der Waals surface area contributed by atoms with Crippen molar-refractivity contribution in [3.05, 3.63) is 11.6 Å². The van der Waals surface area contributed by atoms with Crippen LogP contribution in [0.3, 0.4) is 0 Å². The molecule has 2 saturated heterocycles. The van der Waals surface area contributed by atoms with Crippen molar-refractivity contribution in [1.29, 1.82) is 0 Å². The van der Waals surface area contributed by atoms with Gasteiger partial charge in [-0.15, -0.1) is 0 Å². The quantitative estimate of drug-likeness (QED) is 0.138. The minimum Gasteiger partial charge on any atom is -0.481 e. The van der Waals surface area contributed by atoms with Crippen LogP contribution in [0.15, 0.2) is 11.6 Å². The molecular formula is C41H66O13. The predicted octanol–water partition coefficient (Wildman–Crippen LogP) is 2.49. The fraction of sp³-hybridized carbons (Fsp3) is 0.927. The van der Waals surface area contributed by atoms with Crippen molar-refractivity contribution >= 4 is 5.97 Å². The fourth-order valence-corrected chi connectivity index (χ4v) is 13.4. The molecule has 0 aromatic rings. The van der Waals surface area contributed by atoms with Crippen LogP contribution in [0.1, 0.15) is 106 Å². The van der Waals surface area contributed by atoms with Crippen LogP contribution in [0.2, 0.25) is 0 Å². The van der Waals surface area contributed by atoms with Gasteiger partial charge >= 0.3 is 5.97 Å². The zero-order valence-electron chi connectivity index (χ0n) is 32.9. The number of aliphatic carboxylic acids is 1. The van der Waals surface area contributed by atoms with Crippen molar-refractivity contribution < 1.29 is 64.6 Å². The number of carbonyl (C=O) groups is 1. The molecule has 54 heavy (non-hydrogen) atoms. The number of rotatable bonds is 7. The number of allylic oxidation sites excluding steroid dienone is 2. The monoisotopic (exact) mass is 766 g/mol. The van der Waals surface area contributed by atoms with Gasteiger partial charge in [-0.25, -0.2) is 0 Å².